The van der Waals surface area contributed by atoms with Crippen molar-refractivity contribution >= 4 is 34.5 Å². The molecule has 1 fully saturated rings. The SMILES string of the molecule is O=C(Nc1nc2c(Cl)cccc2[nH]1)c1cn(C2CCNCC2)nn1. The first-order valence-electron chi connectivity index (χ1n) is 7.79. The third-order valence-electron chi connectivity index (χ3n) is 4.12. The highest BCUT2D eigenvalue weighted by atomic mass is 35.5. The Morgan fingerprint density at radius 3 is 2.96 bits per heavy atom. The number of para-hydroxylation sites is 1. The summed E-state index contributed by atoms with van der Waals surface area (Å²) in [6.45, 7) is 1.90. The van der Waals surface area contributed by atoms with E-state index in [1.165, 1.54) is 0 Å². The molecule has 0 bridgehead atoms. The molecule has 3 N–H and O–H groups in total. The molecule has 124 valence electrons. The molecule has 0 aliphatic carbocycles. The minimum Gasteiger partial charge on any atom is -0.324 e. The summed E-state index contributed by atoms with van der Waals surface area (Å²) in [6.07, 6.45) is 3.64. The molecule has 0 spiro atoms. The summed E-state index contributed by atoms with van der Waals surface area (Å²) in [4.78, 5) is 19.6. The summed E-state index contributed by atoms with van der Waals surface area (Å²) in [5.74, 6) is -0.0233. The van der Waals surface area contributed by atoms with Crippen molar-refractivity contribution < 1.29 is 4.79 Å². The lowest BCUT2D eigenvalue weighted by atomic mass is 10.1. The Bertz CT molecular complexity index is 881. The van der Waals surface area contributed by atoms with Crippen molar-refractivity contribution in [1.82, 2.24) is 30.3 Å². The number of amides is 1. The van der Waals surface area contributed by atoms with Crippen LogP contribution in [0.2, 0.25) is 5.02 Å². The van der Waals surface area contributed by atoms with Gasteiger partial charge < -0.3 is 10.3 Å². The van der Waals surface area contributed by atoms with E-state index < -0.39 is 0 Å². The van der Waals surface area contributed by atoms with Gasteiger partial charge in [-0.25, -0.2) is 9.67 Å². The highest BCUT2D eigenvalue weighted by Crippen LogP contribution is 2.23. The number of fused-ring (bicyclic) bond motifs is 1. The molecule has 0 saturated carbocycles. The van der Waals surface area contributed by atoms with E-state index in [0.717, 1.165) is 31.4 Å². The highest BCUT2D eigenvalue weighted by Gasteiger charge is 2.19. The van der Waals surface area contributed by atoms with Gasteiger partial charge in [0.2, 0.25) is 5.95 Å². The molecular weight excluding hydrogens is 330 g/mol. The molecule has 8 nitrogen and oxygen atoms in total. The lowest BCUT2D eigenvalue weighted by molar-refractivity contribution is 0.102. The van der Waals surface area contributed by atoms with Crippen LogP contribution in [0.3, 0.4) is 0 Å². The van der Waals surface area contributed by atoms with Crippen LogP contribution in [0.1, 0.15) is 29.4 Å². The second kappa shape index (κ2) is 6.21. The number of anilines is 1. The molecule has 3 heterocycles. The van der Waals surface area contributed by atoms with Crippen LogP contribution in [-0.4, -0.2) is 44.0 Å². The van der Waals surface area contributed by atoms with Gasteiger partial charge in [0, 0.05) is 0 Å². The summed E-state index contributed by atoms with van der Waals surface area (Å²) in [7, 11) is 0. The zero-order valence-corrected chi connectivity index (χ0v) is 13.5. The van der Waals surface area contributed by atoms with Gasteiger partial charge in [0.15, 0.2) is 5.69 Å². The Hall–Kier alpha value is -2.45. The van der Waals surface area contributed by atoms with Crippen LogP contribution in [0.4, 0.5) is 5.95 Å². The number of piperidine rings is 1. The van der Waals surface area contributed by atoms with Crippen molar-refractivity contribution in [3.8, 4) is 0 Å². The lowest BCUT2D eigenvalue weighted by Gasteiger charge is -2.21. The molecule has 3 aromatic rings. The van der Waals surface area contributed by atoms with E-state index in [-0.39, 0.29) is 17.6 Å². The quantitative estimate of drug-likeness (QED) is 0.674. The van der Waals surface area contributed by atoms with Gasteiger partial charge in [-0.05, 0) is 38.1 Å². The molecule has 2 aromatic heterocycles. The Morgan fingerprint density at radius 1 is 1.33 bits per heavy atom. The monoisotopic (exact) mass is 345 g/mol. The first kappa shape index (κ1) is 15.1. The number of hydrogen-bond donors (Lipinski definition) is 3. The second-order valence-corrected chi connectivity index (χ2v) is 6.15. The molecule has 0 atom stereocenters. The Kier molecular flexibility index (Phi) is 3.91. The van der Waals surface area contributed by atoms with Crippen LogP contribution >= 0.6 is 11.6 Å². The van der Waals surface area contributed by atoms with Crippen LogP contribution in [0.5, 0.6) is 0 Å². The van der Waals surface area contributed by atoms with Gasteiger partial charge in [0.1, 0.15) is 5.52 Å². The van der Waals surface area contributed by atoms with Gasteiger partial charge >= 0.3 is 0 Å². The number of carbonyl (C=O) groups excluding carboxylic acids is 1. The van der Waals surface area contributed by atoms with Gasteiger partial charge in [-0.1, -0.05) is 22.9 Å². The number of halogens is 1. The standard InChI is InChI=1S/C15H16ClN7O/c16-10-2-1-3-11-13(10)19-15(18-11)20-14(24)12-8-23(22-21-12)9-4-6-17-7-5-9/h1-3,8-9,17H,4-7H2,(H2,18,19,20,24). The maximum atomic E-state index is 12.3. The zero-order valence-electron chi connectivity index (χ0n) is 12.8. The molecule has 0 radical (unpaired) electrons. The van der Waals surface area contributed by atoms with E-state index in [0.29, 0.717) is 16.5 Å². The average molecular weight is 346 g/mol. The number of aromatic amines is 1. The number of benzene rings is 1. The zero-order chi connectivity index (χ0) is 16.5. The third-order valence-corrected chi connectivity index (χ3v) is 4.43. The highest BCUT2D eigenvalue weighted by molar-refractivity contribution is 6.35. The second-order valence-electron chi connectivity index (χ2n) is 5.74. The van der Waals surface area contributed by atoms with Crippen molar-refractivity contribution in [2.24, 2.45) is 0 Å². The van der Waals surface area contributed by atoms with Crippen molar-refractivity contribution in [3.63, 3.8) is 0 Å². The molecule has 0 unspecified atom stereocenters. The Labute approximate surface area is 142 Å². The average Bonchev–Trinajstić information content (AvgIpc) is 3.23. The number of nitrogens with one attached hydrogen (secondary N) is 3. The predicted molar refractivity (Wildman–Crippen MR) is 90.2 cm³/mol. The van der Waals surface area contributed by atoms with E-state index in [2.05, 4.69) is 30.9 Å². The van der Waals surface area contributed by atoms with Gasteiger partial charge in [0.25, 0.3) is 5.91 Å². The number of hydrogen-bond acceptors (Lipinski definition) is 5. The van der Waals surface area contributed by atoms with Gasteiger partial charge in [-0.2, -0.15) is 0 Å². The van der Waals surface area contributed by atoms with E-state index in [1.54, 1.807) is 16.9 Å². The maximum absolute atomic E-state index is 12.3. The fourth-order valence-corrected chi connectivity index (χ4v) is 3.08. The minimum absolute atomic E-state index is 0.264. The largest absolute Gasteiger partial charge is 0.324 e. The first-order chi connectivity index (χ1) is 11.7. The number of carbonyl (C=O) groups is 1. The van der Waals surface area contributed by atoms with Crippen molar-refractivity contribution in [2.75, 3.05) is 18.4 Å². The van der Waals surface area contributed by atoms with Crippen LogP contribution < -0.4 is 10.6 Å². The summed E-state index contributed by atoms with van der Waals surface area (Å²) in [5.41, 5.74) is 1.64. The summed E-state index contributed by atoms with van der Waals surface area (Å²) in [5, 5.41) is 14.6. The van der Waals surface area contributed by atoms with Crippen molar-refractivity contribution in [1.29, 1.82) is 0 Å². The topological polar surface area (TPSA) is 101 Å². The van der Waals surface area contributed by atoms with E-state index >= 15 is 0 Å². The first-order valence-corrected chi connectivity index (χ1v) is 8.16. The number of imidazole rings is 1. The molecule has 1 aliphatic heterocycles. The summed E-state index contributed by atoms with van der Waals surface area (Å²) >= 11 is 6.09. The summed E-state index contributed by atoms with van der Waals surface area (Å²) < 4.78 is 1.77. The van der Waals surface area contributed by atoms with E-state index in [9.17, 15) is 4.79 Å². The molecule has 1 aliphatic rings. The number of aromatic nitrogens is 5. The van der Waals surface area contributed by atoms with Crippen LogP contribution in [0, 0.1) is 0 Å². The van der Waals surface area contributed by atoms with Crippen LogP contribution in [-0.2, 0) is 0 Å². The predicted octanol–water partition coefficient (Wildman–Crippen LogP) is 1.98. The molecule has 1 saturated heterocycles. The fourth-order valence-electron chi connectivity index (χ4n) is 2.86. The van der Waals surface area contributed by atoms with Crippen LogP contribution in [0.25, 0.3) is 11.0 Å². The number of H-pyrrole nitrogens is 1. The summed E-state index contributed by atoms with van der Waals surface area (Å²) in [6, 6.07) is 5.70. The van der Waals surface area contributed by atoms with E-state index in [4.69, 9.17) is 11.6 Å². The molecule has 1 aromatic carbocycles. The maximum Gasteiger partial charge on any atom is 0.280 e. The fraction of sp³-hybridized carbons (Fsp3) is 0.333. The van der Waals surface area contributed by atoms with Crippen molar-refractivity contribution in [3.05, 3.63) is 35.1 Å². The van der Waals surface area contributed by atoms with Crippen LogP contribution in [0.15, 0.2) is 24.4 Å². The molecular formula is C15H16ClN7O. The molecule has 9 heteroatoms. The Morgan fingerprint density at radius 2 is 2.17 bits per heavy atom. The molecule has 24 heavy (non-hydrogen) atoms. The van der Waals surface area contributed by atoms with Gasteiger partial charge in [0.05, 0.1) is 22.8 Å². The van der Waals surface area contributed by atoms with Crippen molar-refractivity contribution in [2.45, 2.75) is 18.9 Å². The van der Waals surface area contributed by atoms with Gasteiger partial charge in [-0.15, -0.1) is 5.10 Å². The number of rotatable bonds is 3. The number of nitrogens with zero attached hydrogens (tertiary/aromatic N) is 4. The van der Waals surface area contributed by atoms with E-state index in [1.807, 2.05) is 12.1 Å². The normalized spacial score (nSPS) is 15.7. The molecule has 4 rings (SSSR count). The Balaban J connectivity index is 1.51. The molecule has 1 amide bonds. The third kappa shape index (κ3) is 2.85. The lowest BCUT2D eigenvalue weighted by Crippen LogP contribution is -2.29. The van der Waals surface area contributed by atoms with Gasteiger partial charge in [-0.3, -0.25) is 10.1 Å². The smallest absolute Gasteiger partial charge is 0.280 e. The minimum atomic E-state index is -0.356.